The second-order valence-electron chi connectivity index (χ2n) is 10.6. The predicted molar refractivity (Wildman–Crippen MR) is 152 cm³/mol. The van der Waals surface area contributed by atoms with E-state index in [1.54, 1.807) is 16.7 Å². The number of benzene rings is 1. The summed E-state index contributed by atoms with van der Waals surface area (Å²) >= 11 is 0. The van der Waals surface area contributed by atoms with Gasteiger partial charge in [-0.2, -0.15) is 0 Å². The number of rotatable bonds is 7. The summed E-state index contributed by atoms with van der Waals surface area (Å²) < 4.78 is 34.9. The van der Waals surface area contributed by atoms with Crippen molar-refractivity contribution in [2.75, 3.05) is 31.5 Å². The molecule has 0 aliphatic carbocycles. The summed E-state index contributed by atoms with van der Waals surface area (Å²) in [6, 6.07) is 7.67. The molecule has 2 saturated heterocycles. The Morgan fingerprint density at radius 3 is 2.60 bits per heavy atom. The molecule has 10 nitrogen and oxygen atoms in total. The third-order valence-corrected chi connectivity index (χ3v) is 7.84. The van der Waals surface area contributed by atoms with Crippen LogP contribution in [0.15, 0.2) is 49.2 Å². The Hall–Kier alpha value is -4.35. The van der Waals surface area contributed by atoms with Crippen molar-refractivity contribution >= 4 is 34.7 Å². The van der Waals surface area contributed by atoms with E-state index in [-0.39, 0.29) is 35.5 Å². The molecule has 42 heavy (non-hydrogen) atoms. The number of pyridine rings is 1. The fraction of sp³-hybridized carbons (Fsp3) is 0.433. The number of piperidine rings is 1. The van der Waals surface area contributed by atoms with Gasteiger partial charge in [-0.3, -0.25) is 24.7 Å². The van der Waals surface area contributed by atoms with E-state index in [4.69, 9.17) is 9.72 Å². The molecule has 2 fully saturated rings. The first-order chi connectivity index (χ1) is 20.2. The second-order valence-corrected chi connectivity index (χ2v) is 10.6. The Labute approximate surface area is 242 Å². The van der Waals surface area contributed by atoms with Crippen molar-refractivity contribution in [3.63, 3.8) is 0 Å². The van der Waals surface area contributed by atoms with Crippen LogP contribution in [0.3, 0.4) is 0 Å². The topological polar surface area (TPSA) is 110 Å². The number of hydrogen-bond acceptors (Lipinski definition) is 6. The molecule has 1 aromatic carbocycles. The highest BCUT2D eigenvalue weighted by Crippen LogP contribution is 2.36. The van der Waals surface area contributed by atoms with E-state index in [2.05, 4.69) is 16.9 Å². The first-order valence-electron chi connectivity index (χ1n) is 14.1. The van der Waals surface area contributed by atoms with Crippen LogP contribution in [0, 0.1) is 0 Å². The number of imidazole rings is 1. The van der Waals surface area contributed by atoms with Crippen molar-refractivity contribution in [1.29, 1.82) is 0 Å². The van der Waals surface area contributed by atoms with Crippen molar-refractivity contribution < 1.29 is 27.9 Å². The minimum Gasteiger partial charge on any atom is -0.488 e. The normalized spacial score (nSPS) is 18.1. The van der Waals surface area contributed by atoms with E-state index in [9.17, 15) is 23.2 Å². The molecule has 3 amide bonds. The Kier molecular flexibility index (Phi) is 8.79. The molecule has 3 aromatic rings. The lowest BCUT2D eigenvalue weighted by Crippen LogP contribution is -2.40. The van der Waals surface area contributed by atoms with Crippen LogP contribution < -0.4 is 10.1 Å². The number of halogens is 2. The number of carbonyl (C=O) groups is 3. The third kappa shape index (κ3) is 6.27. The molecule has 0 saturated carbocycles. The Balaban J connectivity index is 1.53. The minimum absolute atomic E-state index is 0.0249. The largest absolute Gasteiger partial charge is 0.488 e. The summed E-state index contributed by atoms with van der Waals surface area (Å²) in [7, 11) is 0. The number of fused-ring (bicyclic) bond motifs is 1. The fourth-order valence-electron chi connectivity index (χ4n) is 5.67. The van der Waals surface area contributed by atoms with E-state index < -0.39 is 18.0 Å². The van der Waals surface area contributed by atoms with Crippen LogP contribution in [0.2, 0.25) is 0 Å². The van der Waals surface area contributed by atoms with Gasteiger partial charge in [-0.25, -0.2) is 13.8 Å². The fourth-order valence-corrected chi connectivity index (χ4v) is 5.67. The predicted octanol–water partition coefficient (Wildman–Crippen LogP) is 4.75. The summed E-state index contributed by atoms with van der Waals surface area (Å²) in [5, 5.41) is 2.82. The average molecular weight is 581 g/mol. The van der Waals surface area contributed by atoms with Crippen molar-refractivity contribution in [2.45, 2.75) is 57.6 Å². The smallest absolute Gasteiger partial charge is 0.280 e. The van der Waals surface area contributed by atoms with Gasteiger partial charge in [0, 0.05) is 57.7 Å². The van der Waals surface area contributed by atoms with E-state index in [1.807, 2.05) is 22.8 Å². The second kappa shape index (κ2) is 12.7. The van der Waals surface area contributed by atoms with Crippen LogP contribution in [-0.4, -0.2) is 74.3 Å². The van der Waals surface area contributed by atoms with Gasteiger partial charge in [0.15, 0.2) is 0 Å². The summed E-state index contributed by atoms with van der Waals surface area (Å²) in [4.78, 5) is 49.6. The number of nitrogens with one attached hydrogen (secondary N) is 1. The molecule has 1 N–H and O–H groups in total. The zero-order valence-corrected chi connectivity index (χ0v) is 23.5. The lowest BCUT2D eigenvalue weighted by molar-refractivity contribution is -0.130. The number of likely N-dealkylation sites (tertiary alicyclic amines) is 2. The van der Waals surface area contributed by atoms with E-state index in [1.165, 1.54) is 18.3 Å². The first-order valence-corrected chi connectivity index (χ1v) is 14.1. The van der Waals surface area contributed by atoms with E-state index in [0.717, 1.165) is 18.9 Å². The highest BCUT2D eigenvalue weighted by molar-refractivity contribution is 6.04. The Morgan fingerprint density at radius 1 is 1.10 bits per heavy atom. The number of alkyl halides is 2. The highest BCUT2D eigenvalue weighted by Gasteiger charge is 2.29. The molecular weight excluding hydrogens is 546 g/mol. The van der Waals surface area contributed by atoms with Gasteiger partial charge in [0.05, 0.1) is 11.6 Å². The van der Waals surface area contributed by atoms with Crippen LogP contribution in [0.4, 0.5) is 14.7 Å². The lowest BCUT2D eigenvalue weighted by Gasteiger charge is -2.32. The number of ether oxygens (including phenoxy) is 1. The van der Waals surface area contributed by atoms with Crippen LogP contribution in [0.1, 0.15) is 67.5 Å². The van der Waals surface area contributed by atoms with E-state index in [0.29, 0.717) is 62.2 Å². The minimum atomic E-state index is -2.82. The molecular formula is C30H34F2N6O4. The highest BCUT2D eigenvalue weighted by atomic mass is 19.3. The molecule has 2 aromatic heterocycles. The Morgan fingerprint density at radius 2 is 1.88 bits per heavy atom. The monoisotopic (exact) mass is 580 g/mol. The molecule has 2 aliphatic rings. The molecule has 0 radical (unpaired) electrons. The van der Waals surface area contributed by atoms with Crippen molar-refractivity contribution in [2.24, 2.45) is 0 Å². The maximum Gasteiger partial charge on any atom is 0.280 e. The van der Waals surface area contributed by atoms with Crippen LogP contribution in [-0.2, 0) is 9.59 Å². The zero-order chi connectivity index (χ0) is 29.8. The molecule has 0 bridgehead atoms. The van der Waals surface area contributed by atoms with Crippen molar-refractivity contribution in [3.05, 3.63) is 60.4 Å². The van der Waals surface area contributed by atoms with Gasteiger partial charge in [-0.1, -0.05) is 12.6 Å². The summed E-state index contributed by atoms with van der Waals surface area (Å²) in [5.41, 5.74) is 0.780. The maximum absolute atomic E-state index is 13.3. The molecule has 12 heteroatoms. The number of nitrogens with zero attached hydrogens (tertiary/aromatic N) is 5. The third-order valence-electron chi connectivity index (χ3n) is 7.84. The van der Waals surface area contributed by atoms with Gasteiger partial charge in [0.2, 0.25) is 17.8 Å². The number of anilines is 1. The number of carbonyl (C=O) groups excluding carboxylic acids is 3. The van der Waals surface area contributed by atoms with Gasteiger partial charge in [-0.15, -0.1) is 0 Å². The van der Waals surface area contributed by atoms with Crippen molar-refractivity contribution in [1.82, 2.24) is 24.3 Å². The number of aromatic nitrogens is 3. The van der Waals surface area contributed by atoms with Gasteiger partial charge in [0.25, 0.3) is 12.3 Å². The summed E-state index contributed by atoms with van der Waals surface area (Å²) in [5.74, 6) is 0.0580. The average Bonchev–Trinajstić information content (AvgIpc) is 3.18. The number of hydrogen-bond donors (Lipinski definition) is 1. The zero-order valence-electron chi connectivity index (χ0n) is 23.5. The van der Waals surface area contributed by atoms with Crippen LogP contribution in [0.5, 0.6) is 5.75 Å². The van der Waals surface area contributed by atoms with Crippen LogP contribution in [0.25, 0.3) is 11.0 Å². The first kappa shape index (κ1) is 29.2. The maximum atomic E-state index is 13.3. The molecule has 0 spiro atoms. The van der Waals surface area contributed by atoms with Crippen LogP contribution >= 0.6 is 0 Å². The lowest BCUT2D eigenvalue weighted by atomic mass is 10.1. The Bertz CT molecular complexity index is 1480. The number of amides is 3. The summed E-state index contributed by atoms with van der Waals surface area (Å²) in [6.07, 6.45) is 3.25. The van der Waals surface area contributed by atoms with E-state index >= 15 is 0 Å². The van der Waals surface area contributed by atoms with Gasteiger partial charge < -0.3 is 19.1 Å². The summed E-state index contributed by atoms with van der Waals surface area (Å²) in [6.45, 7) is 7.36. The van der Waals surface area contributed by atoms with Gasteiger partial charge in [0.1, 0.15) is 23.1 Å². The van der Waals surface area contributed by atoms with Gasteiger partial charge >= 0.3 is 0 Å². The molecule has 1 unspecified atom stereocenters. The molecule has 2 aliphatic heterocycles. The number of para-hydroxylation sites is 1. The molecule has 222 valence electrons. The standard InChI is InChI=1S/C30H34F2N6O4/c1-3-26(40)37-14-5-4-7-21(18-37)38-27-23(8-6-9-25(27)42-22-11-15-36(16-12-22)19(2)39)34-30(38)35-29(41)20-10-13-33-24(17-20)28(31)32/h3,6,8-10,13,17,21-22,28H,1,4-5,7,11-12,14-16,18H2,2H3,(H,34,35,41). The van der Waals surface area contributed by atoms with Crippen molar-refractivity contribution in [3.8, 4) is 5.75 Å². The molecule has 1 atom stereocenters. The van der Waals surface area contributed by atoms with Gasteiger partial charge in [-0.05, 0) is 49.6 Å². The quantitative estimate of drug-likeness (QED) is 0.404. The SMILES string of the molecule is C=CC(=O)N1CCCCC(n2c(NC(=O)c3ccnc(C(F)F)c3)nc3cccc(OC4CCN(C(C)=O)CC4)c32)C1. The molecule has 5 rings (SSSR count). The molecule has 4 heterocycles.